The second kappa shape index (κ2) is 10.2. The zero-order valence-electron chi connectivity index (χ0n) is 18.9. The molecule has 1 unspecified atom stereocenters. The molecule has 3 aromatic carbocycles. The topological polar surface area (TPSA) is 113 Å². The number of urea groups is 1. The standard InChI is InChI=1S/C24H26Cl2N4O3S/c1-15(20-5-4-6-21(25)22(20)26)28-23(31)29-17-11-13-19(14-12-17)34(32,33)30-18-9-7-16(8-10-18)24(2,3)27/h4-15,30H,27H2,1-3H3,(H2,28,29,31). The highest BCUT2D eigenvalue weighted by Crippen LogP contribution is 2.30. The van der Waals surface area contributed by atoms with Gasteiger partial charge >= 0.3 is 6.03 Å². The minimum absolute atomic E-state index is 0.0563. The molecule has 7 nitrogen and oxygen atoms in total. The Morgan fingerprint density at radius 1 is 0.941 bits per heavy atom. The van der Waals surface area contributed by atoms with Crippen LogP contribution in [0.3, 0.4) is 0 Å². The van der Waals surface area contributed by atoms with Crippen LogP contribution in [0.5, 0.6) is 0 Å². The van der Waals surface area contributed by atoms with Crippen molar-refractivity contribution in [2.75, 3.05) is 10.0 Å². The number of halogens is 2. The molecule has 0 spiro atoms. The molecule has 0 fully saturated rings. The van der Waals surface area contributed by atoms with Crippen LogP contribution in [-0.2, 0) is 15.6 Å². The lowest BCUT2D eigenvalue weighted by molar-refractivity contribution is 0.249. The Labute approximate surface area is 209 Å². The molecule has 1 atom stereocenters. The van der Waals surface area contributed by atoms with Gasteiger partial charge in [-0.3, -0.25) is 4.72 Å². The molecular formula is C24H26Cl2N4O3S. The fourth-order valence-corrected chi connectivity index (χ4v) is 4.73. The van der Waals surface area contributed by atoms with Gasteiger partial charge in [0.15, 0.2) is 0 Å². The van der Waals surface area contributed by atoms with Gasteiger partial charge in [0.2, 0.25) is 0 Å². The Hall–Kier alpha value is -2.78. The first-order valence-electron chi connectivity index (χ1n) is 10.4. The van der Waals surface area contributed by atoms with Gasteiger partial charge < -0.3 is 16.4 Å². The van der Waals surface area contributed by atoms with Crippen LogP contribution in [-0.4, -0.2) is 14.4 Å². The van der Waals surface area contributed by atoms with E-state index in [0.717, 1.165) is 5.56 Å². The summed E-state index contributed by atoms with van der Waals surface area (Å²) in [5, 5.41) is 6.22. The van der Waals surface area contributed by atoms with E-state index in [1.54, 1.807) is 49.4 Å². The zero-order valence-corrected chi connectivity index (χ0v) is 21.2. The van der Waals surface area contributed by atoms with E-state index < -0.39 is 27.6 Å². The van der Waals surface area contributed by atoms with Crippen molar-refractivity contribution in [3.8, 4) is 0 Å². The summed E-state index contributed by atoms with van der Waals surface area (Å²) < 4.78 is 28.0. The van der Waals surface area contributed by atoms with Gasteiger partial charge in [0, 0.05) is 16.9 Å². The van der Waals surface area contributed by atoms with Gasteiger partial charge in [-0.25, -0.2) is 13.2 Å². The average molecular weight is 521 g/mol. The molecule has 2 amide bonds. The van der Waals surface area contributed by atoms with Gasteiger partial charge in [-0.05, 0) is 74.4 Å². The molecule has 5 N–H and O–H groups in total. The maximum absolute atomic E-state index is 12.7. The number of carbonyl (C=O) groups excluding carboxylic acids is 1. The second-order valence-electron chi connectivity index (χ2n) is 8.39. The van der Waals surface area contributed by atoms with E-state index in [1.165, 1.54) is 24.3 Å². The highest BCUT2D eigenvalue weighted by Gasteiger charge is 2.18. The maximum Gasteiger partial charge on any atom is 0.319 e. The normalized spacial score (nSPS) is 12.6. The molecule has 3 aromatic rings. The number of amides is 2. The van der Waals surface area contributed by atoms with Crippen LogP contribution in [0.1, 0.15) is 37.9 Å². The first-order valence-corrected chi connectivity index (χ1v) is 12.6. The van der Waals surface area contributed by atoms with E-state index in [1.807, 2.05) is 13.8 Å². The lowest BCUT2D eigenvalue weighted by atomic mass is 9.96. The van der Waals surface area contributed by atoms with Gasteiger partial charge in [-0.2, -0.15) is 0 Å². The predicted octanol–water partition coefficient (Wildman–Crippen LogP) is 5.87. The van der Waals surface area contributed by atoms with Crippen molar-refractivity contribution in [3.05, 3.63) is 87.9 Å². The largest absolute Gasteiger partial charge is 0.331 e. The van der Waals surface area contributed by atoms with E-state index in [-0.39, 0.29) is 4.90 Å². The van der Waals surface area contributed by atoms with E-state index in [0.29, 0.717) is 27.0 Å². The molecule has 0 aromatic heterocycles. The molecule has 0 heterocycles. The summed E-state index contributed by atoms with van der Waals surface area (Å²) in [7, 11) is -3.81. The van der Waals surface area contributed by atoms with Crippen molar-refractivity contribution in [2.45, 2.75) is 37.2 Å². The molecule has 3 rings (SSSR count). The fourth-order valence-electron chi connectivity index (χ4n) is 3.20. The number of sulfonamides is 1. The highest BCUT2D eigenvalue weighted by molar-refractivity contribution is 7.92. The van der Waals surface area contributed by atoms with Crippen LogP contribution < -0.4 is 21.1 Å². The fraction of sp³-hybridized carbons (Fsp3) is 0.208. The lowest BCUT2D eigenvalue weighted by Gasteiger charge is -2.19. The van der Waals surface area contributed by atoms with Gasteiger partial charge in [-0.1, -0.05) is 47.5 Å². The van der Waals surface area contributed by atoms with Crippen LogP contribution in [0, 0.1) is 0 Å². The zero-order chi connectivity index (χ0) is 25.1. The third-order valence-electron chi connectivity index (χ3n) is 5.10. The molecule has 0 saturated carbocycles. The van der Waals surface area contributed by atoms with Gasteiger partial charge in [0.1, 0.15) is 0 Å². The molecule has 0 aliphatic carbocycles. The van der Waals surface area contributed by atoms with Crippen LogP contribution in [0.25, 0.3) is 0 Å². The van der Waals surface area contributed by atoms with Crippen molar-refractivity contribution >= 4 is 50.6 Å². The number of hydrogen-bond donors (Lipinski definition) is 4. The van der Waals surface area contributed by atoms with Crippen LogP contribution in [0.4, 0.5) is 16.2 Å². The molecule has 0 radical (unpaired) electrons. The number of benzene rings is 3. The monoisotopic (exact) mass is 520 g/mol. The molecule has 0 bridgehead atoms. The van der Waals surface area contributed by atoms with Crippen molar-refractivity contribution in [3.63, 3.8) is 0 Å². The molecule has 0 saturated heterocycles. The van der Waals surface area contributed by atoms with E-state index in [2.05, 4.69) is 15.4 Å². The summed E-state index contributed by atoms with van der Waals surface area (Å²) >= 11 is 12.2. The van der Waals surface area contributed by atoms with Gasteiger partial charge in [-0.15, -0.1) is 0 Å². The van der Waals surface area contributed by atoms with E-state index in [9.17, 15) is 13.2 Å². The minimum atomic E-state index is -3.81. The van der Waals surface area contributed by atoms with Crippen molar-refractivity contribution in [1.82, 2.24) is 5.32 Å². The second-order valence-corrected chi connectivity index (χ2v) is 10.9. The SMILES string of the molecule is CC(NC(=O)Nc1ccc(S(=O)(=O)Nc2ccc(C(C)(C)N)cc2)cc1)c1cccc(Cl)c1Cl. The Kier molecular flexibility index (Phi) is 7.77. The Bertz CT molecular complexity index is 1270. The van der Waals surface area contributed by atoms with Crippen molar-refractivity contribution in [1.29, 1.82) is 0 Å². The minimum Gasteiger partial charge on any atom is -0.331 e. The highest BCUT2D eigenvalue weighted by atomic mass is 35.5. The van der Waals surface area contributed by atoms with Crippen molar-refractivity contribution < 1.29 is 13.2 Å². The summed E-state index contributed by atoms with van der Waals surface area (Å²) in [6, 6.07) is 17.0. The quantitative estimate of drug-likeness (QED) is 0.311. The summed E-state index contributed by atoms with van der Waals surface area (Å²) in [6.07, 6.45) is 0. The van der Waals surface area contributed by atoms with Crippen molar-refractivity contribution in [2.24, 2.45) is 5.73 Å². The van der Waals surface area contributed by atoms with Gasteiger partial charge in [0.25, 0.3) is 10.0 Å². The number of nitrogens with two attached hydrogens (primary N) is 1. The molecular weight excluding hydrogens is 495 g/mol. The van der Waals surface area contributed by atoms with E-state index in [4.69, 9.17) is 28.9 Å². The number of nitrogens with one attached hydrogen (secondary N) is 3. The molecule has 34 heavy (non-hydrogen) atoms. The Balaban J connectivity index is 1.63. The average Bonchev–Trinajstić information content (AvgIpc) is 2.75. The molecule has 10 heteroatoms. The maximum atomic E-state index is 12.7. The smallest absolute Gasteiger partial charge is 0.319 e. The first kappa shape index (κ1) is 25.8. The predicted molar refractivity (Wildman–Crippen MR) is 138 cm³/mol. The number of anilines is 2. The third kappa shape index (κ3) is 6.42. The Morgan fingerprint density at radius 3 is 2.12 bits per heavy atom. The number of hydrogen-bond acceptors (Lipinski definition) is 4. The summed E-state index contributed by atoms with van der Waals surface area (Å²) in [4.78, 5) is 12.4. The number of rotatable bonds is 7. The first-order chi connectivity index (χ1) is 15.9. The molecule has 180 valence electrons. The van der Waals surface area contributed by atoms with Crippen LogP contribution in [0.15, 0.2) is 71.6 Å². The Morgan fingerprint density at radius 2 is 1.53 bits per heavy atom. The lowest BCUT2D eigenvalue weighted by Crippen LogP contribution is -2.31. The summed E-state index contributed by atoms with van der Waals surface area (Å²) in [6.45, 7) is 5.52. The third-order valence-corrected chi connectivity index (χ3v) is 7.33. The van der Waals surface area contributed by atoms with Gasteiger partial charge in [0.05, 0.1) is 21.0 Å². The molecule has 0 aliphatic heterocycles. The number of carbonyl (C=O) groups is 1. The molecule has 0 aliphatic rings. The van der Waals surface area contributed by atoms with Crippen LogP contribution in [0.2, 0.25) is 10.0 Å². The summed E-state index contributed by atoms with van der Waals surface area (Å²) in [5.41, 5.74) is 7.95. The van der Waals surface area contributed by atoms with Crippen LogP contribution >= 0.6 is 23.2 Å². The summed E-state index contributed by atoms with van der Waals surface area (Å²) in [5.74, 6) is 0. The van der Waals surface area contributed by atoms with E-state index >= 15 is 0 Å².